The van der Waals surface area contributed by atoms with Crippen LogP contribution in [-0.2, 0) is 21.1 Å². The van der Waals surface area contributed by atoms with Crippen LogP contribution in [0.25, 0.3) is 50.1 Å². The van der Waals surface area contributed by atoms with Gasteiger partial charge in [0.2, 0.25) is 0 Å². The molecule has 6 nitrogen and oxygen atoms in total. The second-order valence-corrected chi connectivity index (χ2v) is 15.9. The second-order valence-electron chi connectivity index (χ2n) is 15.9. The monoisotopic (exact) mass is 927 g/mol. The van der Waals surface area contributed by atoms with Gasteiger partial charge in [-0.25, -0.2) is 4.98 Å². The second kappa shape index (κ2) is 15.1. The summed E-state index contributed by atoms with van der Waals surface area (Å²) in [4.78, 5) is 11.9. The number of anilines is 2. The van der Waals surface area contributed by atoms with Crippen molar-refractivity contribution in [1.29, 1.82) is 0 Å². The van der Waals surface area contributed by atoms with E-state index in [2.05, 4.69) is 167 Å². The summed E-state index contributed by atoms with van der Waals surface area (Å²) in [5.41, 5.74) is 13.5. The Morgan fingerprint density at radius 2 is 1.42 bits per heavy atom. The number of fused-ring (bicyclic) bond motifs is 6. The van der Waals surface area contributed by atoms with Crippen molar-refractivity contribution in [2.75, 3.05) is 4.90 Å². The fourth-order valence-corrected chi connectivity index (χ4v) is 8.12. The third-order valence-electron chi connectivity index (χ3n) is 11.2. The Hall–Kier alpha value is -5.58. The van der Waals surface area contributed by atoms with Gasteiger partial charge in [0.1, 0.15) is 5.82 Å². The number of para-hydroxylation sites is 2. The smallest absolute Gasteiger partial charge is 0.135 e. The molecule has 5 aromatic carbocycles. The number of pyridine rings is 1. The molecule has 0 unspecified atom stereocenters. The van der Waals surface area contributed by atoms with Crippen molar-refractivity contribution in [1.82, 2.24) is 19.1 Å². The molecule has 3 aromatic heterocycles. The third-order valence-corrected chi connectivity index (χ3v) is 11.2. The van der Waals surface area contributed by atoms with Crippen molar-refractivity contribution in [3.8, 4) is 39.8 Å². The largest absolute Gasteiger partial charge is 0.509 e. The summed E-state index contributed by atoms with van der Waals surface area (Å²) in [7, 11) is 0. The summed E-state index contributed by atoms with van der Waals surface area (Å²) < 4.78 is 11.3. The molecule has 4 heterocycles. The van der Waals surface area contributed by atoms with E-state index >= 15 is 0 Å². The average molecular weight is 928 g/mol. The molecule has 0 fully saturated rings. The van der Waals surface area contributed by atoms with E-state index in [9.17, 15) is 0 Å². The standard InChI is InChI=1S/C50H46N5O.Pt/c1-30(2)35-25-43(31(3)4)49(44(26-35)32(5)6)36-23-37(54-29-53-34(8)33(7)52-50(53)42-16-10-11-17-45(42)54)27-39(24-36)56-38-20-21-41-40-15-9-12-18-46(40)55(47(41)28-38)48-19-13-14-22-51-48;/h9-26,29-32H,1-8H3;/q-3;. The quantitative estimate of drug-likeness (QED) is 0.142. The molecule has 9 rings (SSSR count). The van der Waals surface area contributed by atoms with Gasteiger partial charge in [0.15, 0.2) is 0 Å². The van der Waals surface area contributed by atoms with E-state index < -0.39 is 0 Å². The van der Waals surface area contributed by atoms with Crippen molar-refractivity contribution in [2.24, 2.45) is 0 Å². The van der Waals surface area contributed by atoms with Gasteiger partial charge in [0.05, 0.1) is 0 Å². The summed E-state index contributed by atoms with van der Waals surface area (Å²) in [5.74, 6) is 4.03. The number of nitrogens with zero attached hydrogens (tertiary/aromatic N) is 5. The molecule has 0 saturated carbocycles. The van der Waals surface area contributed by atoms with Crippen molar-refractivity contribution >= 4 is 33.2 Å². The first-order chi connectivity index (χ1) is 27.1. The van der Waals surface area contributed by atoms with Crippen molar-refractivity contribution in [2.45, 2.75) is 73.1 Å². The van der Waals surface area contributed by atoms with E-state index in [1.165, 1.54) is 22.3 Å². The number of aryl methyl sites for hydroxylation is 1. The van der Waals surface area contributed by atoms with Gasteiger partial charge in [-0.3, -0.25) is 0 Å². The molecular formula is C50H46N5OPt-3. The van der Waals surface area contributed by atoms with E-state index in [1.54, 1.807) is 0 Å². The van der Waals surface area contributed by atoms with Gasteiger partial charge in [0, 0.05) is 55.8 Å². The number of hydrogen-bond acceptors (Lipinski definition) is 4. The molecule has 0 amide bonds. The minimum absolute atomic E-state index is 0. The molecule has 0 N–H and O–H groups in total. The zero-order chi connectivity index (χ0) is 38.8. The first-order valence-electron chi connectivity index (χ1n) is 19.7. The number of imidazole rings is 1. The molecule has 0 radical (unpaired) electrons. The summed E-state index contributed by atoms with van der Waals surface area (Å²) in [6.07, 6.45) is 1.83. The van der Waals surface area contributed by atoms with Gasteiger partial charge in [-0.2, -0.15) is 6.07 Å². The zero-order valence-electron chi connectivity index (χ0n) is 33.7. The van der Waals surface area contributed by atoms with Crippen LogP contribution in [0.4, 0.5) is 11.4 Å². The minimum atomic E-state index is 0. The normalized spacial score (nSPS) is 12.3. The maximum Gasteiger partial charge on any atom is 0.135 e. The van der Waals surface area contributed by atoms with Gasteiger partial charge in [-0.15, -0.1) is 41.3 Å². The van der Waals surface area contributed by atoms with Crippen LogP contribution in [0, 0.1) is 32.6 Å². The van der Waals surface area contributed by atoms with E-state index in [-0.39, 0.29) is 21.1 Å². The molecular weight excluding hydrogens is 882 g/mol. The molecule has 0 saturated heterocycles. The maximum absolute atomic E-state index is 6.91. The van der Waals surface area contributed by atoms with Crippen LogP contribution in [0.15, 0.2) is 109 Å². The van der Waals surface area contributed by atoms with E-state index in [0.29, 0.717) is 29.3 Å². The van der Waals surface area contributed by atoms with E-state index in [4.69, 9.17) is 14.7 Å². The van der Waals surface area contributed by atoms with Crippen LogP contribution in [0.5, 0.6) is 11.5 Å². The molecule has 290 valence electrons. The predicted octanol–water partition coefficient (Wildman–Crippen LogP) is 13.2. The van der Waals surface area contributed by atoms with Crippen LogP contribution in [0.1, 0.15) is 87.4 Å². The van der Waals surface area contributed by atoms with Crippen LogP contribution in [0.3, 0.4) is 0 Å². The Morgan fingerprint density at radius 1 is 0.702 bits per heavy atom. The first-order valence-corrected chi connectivity index (χ1v) is 19.7. The topological polar surface area (TPSA) is 48.1 Å². The Labute approximate surface area is 350 Å². The van der Waals surface area contributed by atoms with Crippen molar-refractivity contribution < 1.29 is 25.8 Å². The van der Waals surface area contributed by atoms with E-state index in [0.717, 1.165) is 67.3 Å². The molecule has 0 bridgehead atoms. The molecule has 0 aliphatic carbocycles. The summed E-state index contributed by atoms with van der Waals surface area (Å²) in [5, 5.41) is 2.23. The molecule has 7 heteroatoms. The Kier molecular flexibility index (Phi) is 10.1. The minimum Gasteiger partial charge on any atom is -0.509 e. The van der Waals surface area contributed by atoms with Gasteiger partial charge in [-0.05, 0) is 94.5 Å². The van der Waals surface area contributed by atoms with Gasteiger partial charge >= 0.3 is 0 Å². The van der Waals surface area contributed by atoms with Gasteiger partial charge in [0.25, 0.3) is 0 Å². The van der Waals surface area contributed by atoms with E-state index in [1.807, 2.05) is 30.5 Å². The first kappa shape index (κ1) is 38.3. The van der Waals surface area contributed by atoms with Crippen LogP contribution < -0.4 is 9.64 Å². The Morgan fingerprint density at radius 3 is 2.14 bits per heavy atom. The molecule has 8 aromatic rings. The predicted molar refractivity (Wildman–Crippen MR) is 229 cm³/mol. The molecule has 0 spiro atoms. The average Bonchev–Trinajstić information content (AvgIpc) is 3.69. The SMILES string of the molecule is Cc1nc2n(c1C)[CH-]N(c1[c-]c(Oc3[c-]c4c(cc3)c3ccccc3n4-c3ccccn3)cc(-c3c(C(C)C)cc(C(C)C)cc3C(C)C)c1)c1ccccc1-2.[Pt]. The Balaban J connectivity index is 0.00000455. The fourth-order valence-electron chi connectivity index (χ4n) is 8.12. The molecule has 1 aliphatic heterocycles. The summed E-state index contributed by atoms with van der Waals surface area (Å²) in [6.45, 7) is 20.1. The molecule has 57 heavy (non-hydrogen) atoms. The van der Waals surface area contributed by atoms with Gasteiger partial charge in [-0.1, -0.05) is 120 Å². The molecule has 1 aliphatic rings. The van der Waals surface area contributed by atoms with Crippen LogP contribution in [-0.4, -0.2) is 19.1 Å². The molecule has 0 atom stereocenters. The van der Waals surface area contributed by atoms with Crippen LogP contribution in [0.2, 0.25) is 0 Å². The summed E-state index contributed by atoms with van der Waals surface area (Å²) >= 11 is 0. The maximum atomic E-state index is 6.91. The van der Waals surface area contributed by atoms with Crippen molar-refractivity contribution in [3.63, 3.8) is 0 Å². The summed E-state index contributed by atoms with van der Waals surface area (Å²) in [6, 6.07) is 43.7. The number of aromatic nitrogens is 4. The number of benzene rings is 5. The number of ether oxygens (including phenoxy) is 1. The third kappa shape index (κ3) is 6.64. The Bertz CT molecular complexity index is 2750. The van der Waals surface area contributed by atoms with Crippen molar-refractivity contribution in [3.05, 3.63) is 156 Å². The van der Waals surface area contributed by atoms with Crippen LogP contribution >= 0.6 is 0 Å². The fraction of sp³-hybridized carbons (Fsp3) is 0.220. The zero-order valence-corrected chi connectivity index (χ0v) is 35.9. The van der Waals surface area contributed by atoms with Gasteiger partial charge < -0.3 is 23.8 Å². The number of rotatable bonds is 8. The number of hydrogen-bond donors (Lipinski definition) is 0.